The van der Waals surface area contributed by atoms with E-state index < -0.39 is 0 Å². The van der Waals surface area contributed by atoms with E-state index in [1.807, 2.05) is 50.2 Å². The molecule has 3 aromatic rings. The van der Waals surface area contributed by atoms with Crippen LogP contribution in [0.4, 0.5) is 23.0 Å². The van der Waals surface area contributed by atoms with Crippen LogP contribution in [0.15, 0.2) is 48.5 Å². The van der Waals surface area contributed by atoms with Crippen molar-refractivity contribution in [1.29, 1.82) is 0 Å². The van der Waals surface area contributed by atoms with Gasteiger partial charge in [0.2, 0.25) is 11.9 Å². The molecule has 152 valence electrons. The zero-order valence-electron chi connectivity index (χ0n) is 17.0. The molecule has 0 spiro atoms. The third-order valence-electron chi connectivity index (χ3n) is 4.85. The number of nitrogens with one attached hydrogen (secondary N) is 3. The Balaban J connectivity index is 1.49. The number of amides is 2. The average molecular weight is 401 g/mol. The Kier molecular flexibility index (Phi) is 5.43. The third-order valence-corrected chi connectivity index (χ3v) is 4.85. The van der Waals surface area contributed by atoms with E-state index in [4.69, 9.17) is 0 Å². The molecule has 0 saturated carbocycles. The highest BCUT2D eigenvalue weighted by molar-refractivity contribution is 6.05. The highest BCUT2D eigenvalue weighted by Gasteiger charge is 2.15. The summed E-state index contributed by atoms with van der Waals surface area (Å²) in [5.41, 5.74) is 5.54. The smallest absolute Gasteiger partial charge is 0.255 e. The lowest BCUT2D eigenvalue weighted by Crippen LogP contribution is -2.13. The van der Waals surface area contributed by atoms with E-state index in [0.29, 0.717) is 23.6 Å². The van der Waals surface area contributed by atoms with Gasteiger partial charge in [0, 0.05) is 40.4 Å². The molecular weight excluding hydrogens is 378 g/mol. The first-order valence-electron chi connectivity index (χ1n) is 9.90. The van der Waals surface area contributed by atoms with Crippen molar-refractivity contribution in [1.82, 2.24) is 9.97 Å². The number of carbonyl (C=O) groups excluding carboxylic acids is 2. The van der Waals surface area contributed by atoms with Crippen LogP contribution in [0.25, 0.3) is 0 Å². The molecule has 0 bridgehead atoms. The van der Waals surface area contributed by atoms with Crippen LogP contribution in [0.1, 0.15) is 40.2 Å². The first kappa shape index (κ1) is 19.6. The highest BCUT2D eigenvalue weighted by atomic mass is 16.2. The summed E-state index contributed by atoms with van der Waals surface area (Å²) >= 11 is 0. The Bertz CT molecular complexity index is 1110. The van der Waals surface area contributed by atoms with Crippen LogP contribution in [0.2, 0.25) is 0 Å². The number of anilines is 4. The molecule has 0 fully saturated rings. The van der Waals surface area contributed by atoms with E-state index in [1.165, 1.54) is 0 Å². The molecule has 0 saturated heterocycles. The van der Waals surface area contributed by atoms with Gasteiger partial charge in [-0.05, 0) is 74.7 Å². The quantitative estimate of drug-likeness (QED) is 0.603. The maximum Gasteiger partial charge on any atom is 0.255 e. The lowest BCUT2D eigenvalue weighted by Gasteiger charge is -2.11. The number of fused-ring (bicyclic) bond motifs is 1. The zero-order valence-corrected chi connectivity index (χ0v) is 17.0. The van der Waals surface area contributed by atoms with Crippen molar-refractivity contribution in [2.24, 2.45) is 0 Å². The van der Waals surface area contributed by atoms with Gasteiger partial charge in [-0.15, -0.1) is 0 Å². The fourth-order valence-electron chi connectivity index (χ4n) is 3.50. The summed E-state index contributed by atoms with van der Waals surface area (Å²) in [6, 6.07) is 14.7. The van der Waals surface area contributed by atoms with Gasteiger partial charge in [0.25, 0.3) is 5.91 Å². The third kappa shape index (κ3) is 4.63. The molecule has 2 heterocycles. The van der Waals surface area contributed by atoms with Crippen LogP contribution < -0.4 is 16.0 Å². The van der Waals surface area contributed by atoms with E-state index in [-0.39, 0.29) is 11.8 Å². The number of benzene rings is 2. The normalized spacial score (nSPS) is 13.1. The predicted octanol–water partition coefficient (Wildman–Crippen LogP) is 4.36. The SMILES string of the molecule is Cc1cc(C)nc(Nc2cccc(NC(=O)c3ccc4c(c3)CCCC(=O)N4)c2)n1. The number of hydrogen-bond donors (Lipinski definition) is 3. The summed E-state index contributed by atoms with van der Waals surface area (Å²) in [6.07, 6.45) is 2.04. The Labute approximate surface area is 175 Å². The van der Waals surface area contributed by atoms with Crippen molar-refractivity contribution in [3.05, 3.63) is 71.0 Å². The summed E-state index contributed by atoms with van der Waals surface area (Å²) < 4.78 is 0. The van der Waals surface area contributed by atoms with Crippen molar-refractivity contribution in [2.45, 2.75) is 33.1 Å². The molecule has 7 heteroatoms. The van der Waals surface area contributed by atoms with Gasteiger partial charge in [-0.3, -0.25) is 9.59 Å². The Morgan fingerprint density at radius 1 is 0.967 bits per heavy atom. The van der Waals surface area contributed by atoms with Crippen molar-refractivity contribution in [2.75, 3.05) is 16.0 Å². The van der Waals surface area contributed by atoms with E-state index in [9.17, 15) is 9.59 Å². The summed E-state index contributed by atoms with van der Waals surface area (Å²) in [6.45, 7) is 3.84. The molecule has 7 nitrogen and oxygen atoms in total. The number of nitrogens with zero attached hydrogens (tertiary/aromatic N) is 2. The Morgan fingerprint density at radius 2 is 1.73 bits per heavy atom. The second-order valence-electron chi connectivity index (χ2n) is 7.41. The number of rotatable bonds is 4. The monoisotopic (exact) mass is 401 g/mol. The topological polar surface area (TPSA) is 96.0 Å². The highest BCUT2D eigenvalue weighted by Crippen LogP contribution is 2.24. The standard InChI is InChI=1S/C23H23N5O2/c1-14-11-15(2)25-23(24-14)27-19-7-4-6-18(13-19)26-22(30)17-9-10-20-16(12-17)5-3-8-21(29)28-20/h4,6-7,9-13H,3,5,8H2,1-2H3,(H,26,30)(H,28,29)(H,24,25,27). The van der Waals surface area contributed by atoms with Crippen LogP contribution in [0.3, 0.4) is 0 Å². The first-order chi connectivity index (χ1) is 14.5. The van der Waals surface area contributed by atoms with Gasteiger partial charge < -0.3 is 16.0 Å². The van der Waals surface area contributed by atoms with E-state index in [0.717, 1.165) is 41.2 Å². The Morgan fingerprint density at radius 3 is 2.53 bits per heavy atom. The minimum Gasteiger partial charge on any atom is -0.326 e. The molecule has 30 heavy (non-hydrogen) atoms. The van der Waals surface area contributed by atoms with Crippen LogP contribution in [-0.4, -0.2) is 21.8 Å². The largest absolute Gasteiger partial charge is 0.326 e. The summed E-state index contributed by atoms with van der Waals surface area (Å²) in [5, 5.41) is 8.99. The zero-order chi connectivity index (χ0) is 21.1. The van der Waals surface area contributed by atoms with Crippen LogP contribution >= 0.6 is 0 Å². The predicted molar refractivity (Wildman–Crippen MR) is 117 cm³/mol. The number of carbonyl (C=O) groups is 2. The van der Waals surface area contributed by atoms with E-state index >= 15 is 0 Å². The van der Waals surface area contributed by atoms with Gasteiger partial charge in [-0.25, -0.2) is 9.97 Å². The van der Waals surface area contributed by atoms with Crippen LogP contribution in [-0.2, 0) is 11.2 Å². The number of aromatic nitrogens is 2. The molecule has 0 atom stereocenters. The van der Waals surface area contributed by atoms with Crippen molar-refractivity contribution in [3.63, 3.8) is 0 Å². The maximum atomic E-state index is 12.8. The van der Waals surface area contributed by atoms with Gasteiger partial charge in [0.05, 0.1) is 0 Å². The molecule has 2 amide bonds. The number of hydrogen-bond acceptors (Lipinski definition) is 5. The first-order valence-corrected chi connectivity index (χ1v) is 9.90. The number of aryl methyl sites for hydroxylation is 3. The summed E-state index contributed by atoms with van der Waals surface area (Å²) in [7, 11) is 0. The minimum atomic E-state index is -0.201. The lowest BCUT2D eigenvalue weighted by atomic mass is 10.0. The maximum absolute atomic E-state index is 12.8. The van der Waals surface area contributed by atoms with Gasteiger partial charge in [0.1, 0.15) is 0 Å². The van der Waals surface area contributed by atoms with Gasteiger partial charge >= 0.3 is 0 Å². The Hall–Kier alpha value is -3.74. The molecule has 4 rings (SSSR count). The van der Waals surface area contributed by atoms with Crippen LogP contribution in [0.5, 0.6) is 0 Å². The molecule has 1 aliphatic rings. The fraction of sp³-hybridized carbons (Fsp3) is 0.217. The fourth-order valence-corrected chi connectivity index (χ4v) is 3.50. The van der Waals surface area contributed by atoms with Crippen LogP contribution in [0, 0.1) is 13.8 Å². The van der Waals surface area contributed by atoms with Gasteiger partial charge in [-0.2, -0.15) is 0 Å². The molecule has 1 aliphatic heterocycles. The molecule has 0 radical (unpaired) electrons. The minimum absolute atomic E-state index is 0.0167. The van der Waals surface area contributed by atoms with Gasteiger partial charge in [0.15, 0.2) is 0 Å². The average Bonchev–Trinajstić information content (AvgIpc) is 2.87. The second-order valence-corrected chi connectivity index (χ2v) is 7.41. The molecule has 2 aromatic carbocycles. The molecule has 0 aliphatic carbocycles. The van der Waals surface area contributed by atoms with Gasteiger partial charge in [-0.1, -0.05) is 6.07 Å². The summed E-state index contributed by atoms with van der Waals surface area (Å²) in [5.74, 6) is 0.333. The van der Waals surface area contributed by atoms with Crippen molar-refractivity contribution < 1.29 is 9.59 Å². The molecular formula is C23H23N5O2. The van der Waals surface area contributed by atoms with E-state index in [1.54, 1.807) is 12.1 Å². The summed E-state index contributed by atoms with van der Waals surface area (Å²) in [4.78, 5) is 33.2. The molecule has 1 aromatic heterocycles. The van der Waals surface area contributed by atoms with E-state index in [2.05, 4.69) is 25.9 Å². The molecule has 0 unspecified atom stereocenters. The van der Waals surface area contributed by atoms with Crippen molar-refractivity contribution >= 4 is 34.8 Å². The lowest BCUT2D eigenvalue weighted by molar-refractivity contribution is -0.116. The molecule has 3 N–H and O–H groups in total. The second kappa shape index (κ2) is 8.32. The van der Waals surface area contributed by atoms with Crippen molar-refractivity contribution in [3.8, 4) is 0 Å².